The van der Waals surface area contributed by atoms with Crippen molar-refractivity contribution in [3.05, 3.63) is 83.0 Å². The van der Waals surface area contributed by atoms with Gasteiger partial charge in [-0.05, 0) is 43.9 Å². The lowest BCUT2D eigenvalue weighted by atomic mass is 9.97. The van der Waals surface area contributed by atoms with Gasteiger partial charge in [0.2, 0.25) is 5.91 Å². The van der Waals surface area contributed by atoms with E-state index >= 15 is 0 Å². The van der Waals surface area contributed by atoms with Gasteiger partial charge in [0.25, 0.3) is 11.8 Å². The van der Waals surface area contributed by atoms with Gasteiger partial charge in [-0.1, -0.05) is 32.0 Å². The summed E-state index contributed by atoms with van der Waals surface area (Å²) in [6, 6.07) is 11.9. The van der Waals surface area contributed by atoms with E-state index in [2.05, 4.69) is 36.5 Å². The number of carbonyl (C=O) groups excluding carboxylic acids is 3. The van der Waals surface area contributed by atoms with Crippen LogP contribution in [0.3, 0.4) is 0 Å². The van der Waals surface area contributed by atoms with E-state index in [0.717, 1.165) is 72.7 Å². The fourth-order valence-electron chi connectivity index (χ4n) is 7.05. The first kappa shape index (κ1) is 36.9. The number of amides is 3. The zero-order valence-corrected chi connectivity index (χ0v) is 31.3. The second-order valence-corrected chi connectivity index (χ2v) is 14.3. The Kier molecular flexibility index (Phi) is 10.9. The zero-order chi connectivity index (χ0) is 37.9. The van der Waals surface area contributed by atoms with Gasteiger partial charge in [0.05, 0.1) is 60.5 Å². The van der Waals surface area contributed by atoms with Crippen molar-refractivity contribution in [1.82, 2.24) is 35.2 Å². The number of hydrogen-bond donors (Lipinski definition) is 5. The van der Waals surface area contributed by atoms with Crippen molar-refractivity contribution in [2.75, 3.05) is 56.7 Å². The van der Waals surface area contributed by atoms with Crippen LogP contribution in [0.25, 0.3) is 11.1 Å². The number of nitrogens with zero attached hydrogens (tertiary/aromatic N) is 6. The monoisotopic (exact) mass is 737 g/mol. The molecule has 5 heterocycles. The molecule has 54 heavy (non-hydrogen) atoms. The maximum Gasteiger partial charge on any atom is 0.272 e. The molecule has 0 bridgehead atoms. The van der Waals surface area contributed by atoms with Crippen LogP contribution in [0.2, 0.25) is 0 Å². The largest absolute Gasteiger partial charge is 0.393 e. The quantitative estimate of drug-likeness (QED) is 0.144. The minimum Gasteiger partial charge on any atom is -0.393 e. The van der Waals surface area contributed by atoms with Crippen LogP contribution in [0.5, 0.6) is 0 Å². The SMILES string of the molecule is CC.CN1Cc2c(cnn2C2CN(Cc3cccc(C(=O)N4CCOCC4)n3)C2)-c2cccc(NC(/C=C(\N)NC(=O)C3CC3)=C(/N)C(=O)NC3CC3)c21. The van der Waals surface area contributed by atoms with E-state index in [9.17, 15) is 14.4 Å². The van der Waals surface area contributed by atoms with Crippen LogP contribution >= 0.6 is 0 Å². The topological polar surface area (TPSA) is 189 Å². The molecule has 0 atom stereocenters. The number of aromatic nitrogens is 3. The molecule has 0 spiro atoms. The van der Waals surface area contributed by atoms with Crippen LogP contribution in [-0.2, 0) is 27.4 Å². The van der Waals surface area contributed by atoms with Gasteiger partial charge in [0.15, 0.2) is 0 Å². The van der Waals surface area contributed by atoms with Gasteiger partial charge in [-0.25, -0.2) is 4.98 Å². The second kappa shape index (κ2) is 15.9. The fraction of sp³-hybridized carbons (Fsp3) is 0.462. The molecule has 3 aliphatic heterocycles. The van der Waals surface area contributed by atoms with Gasteiger partial charge in [-0.2, -0.15) is 5.10 Å². The Labute approximate surface area is 315 Å². The van der Waals surface area contributed by atoms with Crippen molar-refractivity contribution in [3.63, 3.8) is 0 Å². The molecule has 5 aliphatic rings. The van der Waals surface area contributed by atoms with Gasteiger partial charge in [0.1, 0.15) is 17.2 Å². The number of hydrogen-bond acceptors (Lipinski definition) is 11. The Hall–Kier alpha value is -5.41. The average Bonchev–Trinajstić information content (AvgIpc) is 4.12. The average molecular weight is 738 g/mol. The third kappa shape index (κ3) is 8.06. The molecule has 2 aliphatic carbocycles. The van der Waals surface area contributed by atoms with Crippen molar-refractivity contribution >= 4 is 29.1 Å². The lowest BCUT2D eigenvalue weighted by Gasteiger charge is -2.40. The number of rotatable bonds is 11. The molecule has 1 aromatic carbocycles. The molecule has 8 rings (SSSR count). The zero-order valence-electron chi connectivity index (χ0n) is 31.3. The molecular weight excluding hydrogens is 687 g/mol. The first-order chi connectivity index (χ1) is 26.2. The standard InChI is InChI=1S/C37H45N11O4.C2H6/c1-45-21-31-27(17-40-48(31)25-19-46(20-25)18-24-4-2-7-29(41-24)37(51)47-12-14-52-15-13-47)26-5-3-6-28(34(26)45)43-30(33(39)36(50)42-23-10-11-23)16-32(38)44-35(49)22-8-9-22;1-2/h2-7,16-17,22-23,25,43H,8-15,18-21,38-39H2,1H3,(H,42,50)(H,44,49);1-2H3/b32-16+,33-30+;. The Morgan fingerprint density at radius 2 is 1.72 bits per heavy atom. The van der Waals surface area contributed by atoms with Gasteiger partial charge in [0, 0.05) is 68.9 Å². The first-order valence-corrected chi connectivity index (χ1v) is 19.0. The molecule has 15 heteroatoms. The number of nitrogens with one attached hydrogen (secondary N) is 3. The van der Waals surface area contributed by atoms with Crippen molar-refractivity contribution in [3.8, 4) is 11.1 Å². The molecule has 0 unspecified atom stereocenters. The number of para-hydroxylation sites is 1. The van der Waals surface area contributed by atoms with Crippen LogP contribution in [0.15, 0.2) is 65.9 Å². The van der Waals surface area contributed by atoms with Crippen LogP contribution in [-0.4, -0.2) is 94.8 Å². The minimum atomic E-state index is -0.385. The van der Waals surface area contributed by atoms with Crippen LogP contribution in [0.4, 0.5) is 11.4 Å². The molecule has 3 amide bonds. The highest BCUT2D eigenvalue weighted by molar-refractivity contribution is 5.96. The minimum absolute atomic E-state index is 0.0136. The number of nitrogens with two attached hydrogens (primary N) is 2. The Morgan fingerprint density at radius 1 is 0.981 bits per heavy atom. The molecule has 0 radical (unpaired) electrons. The summed E-state index contributed by atoms with van der Waals surface area (Å²) < 4.78 is 7.52. The van der Waals surface area contributed by atoms with Gasteiger partial charge in [-0.3, -0.25) is 24.0 Å². The number of ether oxygens (including phenoxy) is 1. The predicted octanol–water partition coefficient (Wildman–Crippen LogP) is 2.64. The van der Waals surface area contributed by atoms with E-state index in [1.54, 1.807) is 11.0 Å². The highest BCUT2D eigenvalue weighted by Gasteiger charge is 2.35. The predicted molar refractivity (Wildman–Crippen MR) is 206 cm³/mol. The summed E-state index contributed by atoms with van der Waals surface area (Å²) in [6.45, 7) is 9.20. The molecule has 4 fully saturated rings. The van der Waals surface area contributed by atoms with Crippen LogP contribution in [0, 0.1) is 5.92 Å². The first-order valence-electron chi connectivity index (χ1n) is 19.0. The molecule has 286 valence electrons. The smallest absolute Gasteiger partial charge is 0.272 e. The lowest BCUT2D eigenvalue weighted by Crippen LogP contribution is -2.48. The summed E-state index contributed by atoms with van der Waals surface area (Å²) in [4.78, 5) is 49.4. The molecular formula is C39H51N11O4. The molecule has 3 aromatic rings. The van der Waals surface area contributed by atoms with Gasteiger partial charge < -0.3 is 42.0 Å². The summed E-state index contributed by atoms with van der Waals surface area (Å²) in [5.41, 5.74) is 19.1. The number of carbonyl (C=O) groups is 3. The van der Waals surface area contributed by atoms with Crippen LogP contribution in [0.1, 0.15) is 67.4 Å². The summed E-state index contributed by atoms with van der Waals surface area (Å²) in [5, 5.41) is 13.9. The summed E-state index contributed by atoms with van der Waals surface area (Å²) >= 11 is 0. The number of benzene rings is 1. The molecule has 15 nitrogen and oxygen atoms in total. The number of fused-ring (bicyclic) bond motifs is 3. The van der Waals surface area contributed by atoms with Crippen LogP contribution < -0.4 is 32.3 Å². The number of morpholine rings is 1. The molecule has 2 saturated carbocycles. The van der Waals surface area contributed by atoms with Gasteiger partial charge in [-0.15, -0.1) is 0 Å². The highest BCUT2D eigenvalue weighted by Crippen LogP contribution is 2.44. The second-order valence-electron chi connectivity index (χ2n) is 14.3. The van der Waals surface area contributed by atoms with E-state index in [-0.39, 0.29) is 47.2 Å². The van der Waals surface area contributed by atoms with E-state index in [1.165, 1.54) is 6.08 Å². The van der Waals surface area contributed by atoms with E-state index in [1.807, 2.05) is 51.4 Å². The Morgan fingerprint density at radius 3 is 2.44 bits per heavy atom. The normalized spacial score (nSPS) is 19.0. The Balaban J connectivity index is 0.00000221. The third-order valence-corrected chi connectivity index (χ3v) is 10.2. The van der Waals surface area contributed by atoms with E-state index in [0.29, 0.717) is 50.8 Å². The summed E-state index contributed by atoms with van der Waals surface area (Å²) in [7, 11) is 2.03. The van der Waals surface area contributed by atoms with Crippen molar-refractivity contribution in [1.29, 1.82) is 0 Å². The lowest BCUT2D eigenvalue weighted by molar-refractivity contribution is -0.121. The maximum atomic E-state index is 13.1. The van der Waals surface area contributed by atoms with Crippen molar-refractivity contribution in [2.45, 2.75) is 64.7 Å². The number of allylic oxidation sites excluding steroid dienone is 1. The van der Waals surface area contributed by atoms with E-state index < -0.39 is 0 Å². The molecule has 2 saturated heterocycles. The summed E-state index contributed by atoms with van der Waals surface area (Å²) in [6.07, 6.45) is 6.98. The van der Waals surface area contributed by atoms with Gasteiger partial charge >= 0.3 is 0 Å². The van der Waals surface area contributed by atoms with E-state index in [4.69, 9.17) is 26.3 Å². The Bertz CT molecular complexity index is 1950. The third-order valence-electron chi connectivity index (χ3n) is 10.2. The molecule has 2 aromatic heterocycles. The number of anilines is 2. The maximum absolute atomic E-state index is 13.1. The highest BCUT2D eigenvalue weighted by atomic mass is 16.5. The number of pyridine rings is 1. The van der Waals surface area contributed by atoms with Crippen molar-refractivity contribution < 1.29 is 19.1 Å². The molecule has 7 N–H and O–H groups in total. The number of likely N-dealkylation sites (tertiary alicyclic amines) is 1. The fourth-order valence-corrected chi connectivity index (χ4v) is 7.05. The summed E-state index contributed by atoms with van der Waals surface area (Å²) in [5.74, 6) is -0.480. The van der Waals surface area contributed by atoms with Crippen molar-refractivity contribution in [2.24, 2.45) is 17.4 Å².